The largest absolute Gasteiger partial charge is 0.449 e. The maximum Gasteiger partial charge on any atom is 0.425 e. The van der Waals surface area contributed by atoms with E-state index in [2.05, 4.69) is 54.8 Å². The summed E-state index contributed by atoms with van der Waals surface area (Å²) in [6, 6.07) is 11.6. The Morgan fingerprint density at radius 1 is 1.07 bits per heavy atom. The van der Waals surface area contributed by atoms with Gasteiger partial charge in [0, 0.05) is 48.0 Å². The monoisotopic (exact) mass is 618 g/mol. The molecule has 0 aliphatic carbocycles. The van der Waals surface area contributed by atoms with E-state index < -0.39 is 12.2 Å². The standard InChI is InChI=1S/C18H26ClN3O.C12H21N5O3/c1-3-22(11-12-23)10-4-5-14(2)21-17-8-9-20-18-13-15(19)6-7-16(17)18;1-4-17(8-9(3)18)11-7-6-10(13-15-11)14-16-12(19)20-5-2/h6-9,13-14,23H,3-5,10-12H2,1-2H3,(H,20,21);6-7,9,18H,4-5,8H2,1-3H3,(H,13,14)(H,16,19). The van der Waals surface area contributed by atoms with Crippen LogP contribution < -0.4 is 21.1 Å². The van der Waals surface area contributed by atoms with Crippen LogP contribution in [0, 0.1) is 0 Å². The zero-order valence-corrected chi connectivity index (χ0v) is 26.6. The number of ether oxygens (including phenoxy) is 1. The number of hydrazine groups is 1. The summed E-state index contributed by atoms with van der Waals surface area (Å²) in [5.74, 6) is 1.06. The zero-order chi connectivity index (χ0) is 31.6. The molecule has 3 rings (SSSR count). The van der Waals surface area contributed by atoms with E-state index in [-0.39, 0.29) is 6.61 Å². The Balaban J connectivity index is 0.000000304. The number of amides is 1. The lowest BCUT2D eigenvalue weighted by Gasteiger charge is -2.22. The summed E-state index contributed by atoms with van der Waals surface area (Å²) in [5, 5.41) is 31.8. The summed E-state index contributed by atoms with van der Waals surface area (Å²) in [6.45, 7) is 14.2. The summed E-state index contributed by atoms with van der Waals surface area (Å²) in [6.07, 6.45) is 2.98. The highest BCUT2D eigenvalue weighted by Crippen LogP contribution is 2.25. The first-order chi connectivity index (χ1) is 20.7. The number of carbonyl (C=O) groups excluding carboxylic acids is 1. The molecule has 2 heterocycles. The molecule has 12 nitrogen and oxygen atoms in total. The molecule has 1 aromatic carbocycles. The first-order valence-electron chi connectivity index (χ1n) is 14.8. The topological polar surface area (TPSA) is 148 Å². The molecule has 3 aromatic rings. The molecule has 13 heteroatoms. The van der Waals surface area contributed by atoms with E-state index in [9.17, 15) is 9.90 Å². The number of aliphatic hydroxyl groups is 2. The number of carbonyl (C=O) groups is 1. The van der Waals surface area contributed by atoms with Crippen LogP contribution in [0.5, 0.6) is 0 Å². The minimum Gasteiger partial charge on any atom is -0.449 e. The molecule has 0 saturated carbocycles. The Bertz CT molecular complexity index is 1220. The quantitative estimate of drug-likeness (QED) is 0.144. The molecule has 2 aromatic heterocycles. The summed E-state index contributed by atoms with van der Waals surface area (Å²) in [4.78, 5) is 19.6. The molecule has 0 aliphatic rings. The fraction of sp³-hybridized carbons (Fsp3) is 0.533. The molecule has 2 atom stereocenters. The van der Waals surface area contributed by atoms with Crippen LogP contribution in [0.25, 0.3) is 10.9 Å². The Hall–Kier alpha value is -3.45. The van der Waals surface area contributed by atoms with Crippen molar-refractivity contribution in [1.82, 2.24) is 25.5 Å². The number of nitrogens with zero attached hydrogens (tertiary/aromatic N) is 5. The second kappa shape index (κ2) is 19.7. The Labute approximate surface area is 259 Å². The molecule has 0 radical (unpaired) electrons. The van der Waals surface area contributed by atoms with Gasteiger partial charge in [-0.2, -0.15) is 0 Å². The van der Waals surface area contributed by atoms with Gasteiger partial charge in [-0.3, -0.25) is 10.4 Å². The van der Waals surface area contributed by atoms with Gasteiger partial charge in [0.2, 0.25) is 0 Å². The smallest absolute Gasteiger partial charge is 0.425 e. The SMILES string of the molecule is CCN(CCO)CCCC(C)Nc1ccnc2cc(Cl)ccc12.CCOC(=O)NNc1ccc(N(CC)CC(C)O)nn1. The highest BCUT2D eigenvalue weighted by molar-refractivity contribution is 6.31. The molecular formula is C30H47ClN8O4. The van der Waals surface area contributed by atoms with Crippen molar-refractivity contribution in [3.05, 3.63) is 47.6 Å². The highest BCUT2D eigenvalue weighted by Gasteiger charge is 2.10. The summed E-state index contributed by atoms with van der Waals surface area (Å²) in [5.41, 5.74) is 6.93. The van der Waals surface area contributed by atoms with Crippen LogP contribution in [-0.4, -0.2) is 94.5 Å². The summed E-state index contributed by atoms with van der Waals surface area (Å²) in [7, 11) is 0. The fourth-order valence-electron chi connectivity index (χ4n) is 4.32. The number of halogens is 1. The van der Waals surface area contributed by atoms with Gasteiger partial charge in [-0.15, -0.1) is 10.2 Å². The second-order valence-corrected chi connectivity index (χ2v) is 10.4. The van der Waals surface area contributed by atoms with E-state index in [1.807, 2.05) is 42.3 Å². The van der Waals surface area contributed by atoms with Crippen molar-refractivity contribution in [2.75, 3.05) is 61.6 Å². The number of rotatable bonds is 16. The molecule has 43 heavy (non-hydrogen) atoms. The van der Waals surface area contributed by atoms with Crippen molar-refractivity contribution in [2.45, 2.75) is 59.6 Å². The van der Waals surface area contributed by atoms with Gasteiger partial charge in [-0.1, -0.05) is 18.5 Å². The zero-order valence-electron chi connectivity index (χ0n) is 25.9. The average Bonchev–Trinajstić information content (AvgIpc) is 2.99. The van der Waals surface area contributed by atoms with Gasteiger partial charge < -0.3 is 30.1 Å². The number of likely N-dealkylation sites (N-methyl/N-ethyl adjacent to an activating group) is 2. The van der Waals surface area contributed by atoms with Crippen molar-refractivity contribution in [3.8, 4) is 0 Å². The Morgan fingerprint density at radius 2 is 1.86 bits per heavy atom. The van der Waals surface area contributed by atoms with Gasteiger partial charge in [0.15, 0.2) is 11.6 Å². The number of fused-ring (bicyclic) bond motifs is 1. The van der Waals surface area contributed by atoms with Crippen molar-refractivity contribution in [3.63, 3.8) is 0 Å². The minimum atomic E-state index is -0.581. The van der Waals surface area contributed by atoms with Gasteiger partial charge in [-0.25, -0.2) is 10.2 Å². The lowest BCUT2D eigenvalue weighted by atomic mass is 10.1. The molecule has 0 spiro atoms. The maximum absolute atomic E-state index is 11.1. The number of hydrogen-bond acceptors (Lipinski definition) is 11. The van der Waals surface area contributed by atoms with Gasteiger partial charge in [-0.05, 0) is 90.0 Å². The van der Waals surface area contributed by atoms with E-state index in [1.165, 1.54) is 0 Å². The number of pyridine rings is 1. The molecule has 5 N–H and O–H groups in total. The van der Waals surface area contributed by atoms with Crippen LogP contribution >= 0.6 is 11.6 Å². The van der Waals surface area contributed by atoms with Gasteiger partial charge in [0.05, 0.1) is 24.8 Å². The molecule has 2 unspecified atom stereocenters. The molecule has 238 valence electrons. The van der Waals surface area contributed by atoms with E-state index in [0.717, 1.165) is 49.1 Å². The fourth-order valence-corrected chi connectivity index (χ4v) is 4.49. The predicted octanol–water partition coefficient (Wildman–Crippen LogP) is 4.54. The third kappa shape index (κ3) is 13.2. The molecule has 0 bridgehead atoms. The number of hydrogen-bond donors (Lipinski definition) is 5. The molecule has 0 saturated heterocycles. The maximum atomic E-state index is 11.1. The molecule has 0 aliphatic heterocycles. The van der Waals surface area contributed by atoms with Gasteiger partial charge in [0.25, 0.3) is 0 Å². The Kier molecular flexibility index (Phi) is 16.4. The van der Waals surface area contributed by atoms with E-state index in [1.54, 1.807) is 26.0 Å². The lowest BCUT2D eigenvalue weighted by molar-refractivity contribution is 0.154. The third-order valence-corrected chi connectivity index (χ3v) is 6.73. The normalized spacial score (nSPS) is 12.2. The molecule has 0 fully saturated rings. The number of benzene rings is 1. The van der Waals surface area contributed by atoms with Crippen LogP contribution in [0.2, 0.25) is 5.02 Å². The molecule has 1 amide bonds. The number of nitrogens with one attached hydrogen (secondary N) is 3. The van der Waals surface area contributed by atoms with E-state index >= 15 is 0 Å². The van der Waals surface area contributed by atoms with Crippen LogP contribution in [-0.2, 0) is 4.74 Å². The van der Waals surface area contributed by atoms with Crippen molar-refractivity contribution < 1.29 is 19.7 Å². The number of anilines is 3. The van der Waals surface area contributed by atoms with Crippen LogP contribution in [0.15, 0.2) is 42.6 Å². The summed E-state index contributed by atoms with van der Waals surface area (Å²) >= 11 is 6.03. The summed E-state index contributed by atoms with van der Waals surface area (Å²) < 4.78 is 4.69. The first kappa shape index (κ1) is 35.7. The first-order valence-corrected chi connectivity index (χ1v) is 15.2. The second-order valence-electron chi connectivity index (χ2n) is 10.0. The van der Waals surface area contributed by atoms with Crippen molar-refractivity contribution in [2.24, 2.45) is 0 Å². The predicted molar refractivity (Wildman–Crippen MR) is 174 cm³/mol. The van der Waals surface area contributed by atoms with Crippen molar-refractivity contribution >= 4 is 45.9 Å². The van der Waals surface area contributed by atoms with Crippen LogP contribution in [0.4, 0.5) is 22.1 Å². The number of aromatic nitrogens is 3. The minimum absolute atomic E-state index is 0.229. The van der Waals surface area contributed by atoms with Gasteiger partial charge >= 0.3 is 6.09 Å². The number of aliphatic hydroxyl groups excluding tert-OH is 2. The highest BCUT2D eigenvalue weighted by atomic mass is 35.5. The van der Waals surface area contributed by atoms with Crippen LogP contribution in [0.3, 0.4) is 0 Å². The van der Waals surface area contributed by atoms with Gasteiger partial charge in [0.1, 0.15) is 0 Å². The van der Waals surface area contributed by atoms with E-state index in [0.29, 0.717) is 42.4 Å². The average molecular weight is 619 g/mol. The third-order valence-electron chi connectivity index (χ3n) is 6.49. The Morgan fingerprint density at radius 3 is 2.49 bits per heavy atom. The van der Waals surface area contributed by atoms with E-state index in [4.69, 9.17) is 16.7 Å². The van der Waals surface area contributed by atoms with Crippen LogP contribution in [0.1, 0.15) is 47.5 Å². The lowest BCUT2D eigenvalue weighted by Crippen LogP contribution is -2.32. The van der Waals surface area contributed by atoms with Crippen molar-refractivity contribution in [1.29, 1.82) is 0 Å². The molecular weight excluding hydrogens is 572 g/mol.